The number of amides is 2. The lowest BCUT2D eigenvalue weighted by Crippen LogP contribution is -2.51. The van der Waals surface area contributed by atoms with Crippen molar-refractivity contribution in [1.82, 2.24) is 15.5 Å². The van der Waals surface area contributed by atoms with E-state index < -0.39 is 5.97 Å². The molecule has 0 aromatic heterocycles. The van der Waals surface area contributed by atoms with Crippen LogP contribution < -0.4 is 10.6 Å². The van der Waals surface area contributed by atoms with Crippen LogP contribution in [0.4, 0.5) is 4.79 Å². The smallest absolute Gasteiger partial charge is 0.329 e. The molecule has 0 radical (unpaired) electrons. The summed E-state index contributed by atoms with van der Waals surface area (Å²) in [6.45, 7) is 3.32. The summed E-state index contributed by atoms with van der Waals surface area (Å²) in [6.07, 6.45) is 2.47. The van der Waals surface area contributed by atoms with Gasteiger partial charge in [-0.3, -0.25) is 4.90 Å². The van der Waals surface area contributed by atoms with Gasteiger partial charge in [-0.05, 0) is 19.4 Å². The van der Waals surface area contributed by atoms with Crippen molar-refractivity contribution in [3.8, 4) is 0 Å². The average Bonchev–Trinajstić information content (AvgIpc) is 2.92. The van der Waals surface area contributed by atoms with Crippen molar-refractivity contribution in [3.63, 3.8) is 0 Å². The second kappa shape index (κ2) is 8.16. The van der Waals surface area contributed by atoms with Gasteiger partial charge in [-0.15, -0.1) is 0 Å². The summed E-state index contributed by atoms with van der Waals surface area (Å²) < 4.78 is 10.6. The van der Waals surface area contributed by atoms with E-state index in [1.54, 1.807) is 0 Å². The van der Waals surface area contributed by atoms with Gasteiger partial charge in [0.25, 0.3) is 0 Å². The number of rotatable bonds is 7. The zero-order valence-corrected chi connectivity index (χ0v) is 12.0. The SMILES string of the molecule is O=C(O)COCCNC(=O)NCC1CN2CCCC2CO1. The Morgan fingerprint density at radius 1 is 1.38 bits per heavy atom. The Kier molecular flexibility index (Phi) is 6.21. The van der Waals surface area contributed by atoms with E-state index in [1.165, 1.54) is 12.8 Å². The minimum Gasteiger partial charge on any atom is -0.480 e. The maximum absolute atomic E-state index is 11.5. The molecule has 0 saturated carbocycles. The van der Waals surface area contributed by atoms with E-state index in [4.69, 9.17) is 14.6 Å². The molecule has 120 valence electrons. The lowest BCUT2D eigenvalue weighted by atomic mass is 10.2. The van der Waals surface area contributed by atoms with Crippen molar-refractivity contribution < 1.29 is 24.2 Å². The Morgan fingerprint density at radius 2 is 2.24 bits per heavy atom. The molecule has 0 spiro atoms. The number of morpholine rings is 1. The normalized spacial score (nSPS) is 25.3. The van der Waals surface area contributed by atoms with Gasteiger partial charge in [0.1, 0.15) is 6.61 Å². The van der Waals surface area contributed by atoms with Gasteiger partial charge < -0.3 is 25.2 Å². The molecule has 0 aliphatic carbocycles. The van der Waals surface area contributed by atoms with E-state index in [1.807, 2.05) is 0 Å². The molecule has 2 amide bonds. The first-order valence-corrected chi connectivity index (χ1v) is 7.32. The highest BCUT2D eigenvalue weighted by atomic mass is 16.5. The van der Waals surface area contributed by atoms with Crippen LogP contribution in [0.1, 0.15) is 12.8 Å². The third-order valence-electron chi connectivity index (χ3n) is 3.71. The van der Waals surface area contributed by atoms with Crippen LogP contribution in [-0.2, 0) is 14.3 Å². The standard InChI is InChI=1S/C13H23N3O5/c17-12(18)9-20-5-3-14-13(19)15-6-11-7-16-4-1-2-10(16)8-21-11/h10-11H,1-9H2,(H,17,18)(H2,14,15,19). The molecule has 2 aliphatic rings. The van der Waals surface area contributed by atoms with Crippen molar-refractivity contribution in [2.24, 2.45) is 0 Å². The molecular formula is C13H23N3O5. The van der Waals surface area contributed by atoms with Gasteiger partial charge in [-0.25, -0.2) is 9.59 Å². The maximum atomic E-state index is 11.5. The van der Waals surface area contributed by atoms with Crippen molar-refractivity contribution in [1.29, 1.82) is 0 Å². The Morgan fingerprint density at radius 3 is 3.05 bits per heavy atom. The Balaban J connectivity index is 1.51. The van der Waals surface area contributed by atoms with Crippen LogP contribution in [0.2, 0.25) is 0 Å². The third kappa shape index (κ3) is 5.49. The van der Waals surface area contributed by atoms with Crippen molar-refractivity contribution in [3.05, 3.63) is 0 Å². The monoisotopic (exact) mass is 301 g/mol. The van der Waals surface area contributed by atoms with E-state index in [-0.39, 0.29) is 31.9 Å². The molecule has 3 N–H and O–H groups in total. The molecule has 8 nitrogen and oxygen atoms in total. The van der Waals surface area contributed by atoms with E-state index in [0.29, 0.717) is 12.6 Å². The van der Waals surface area contributed by atoms with E-state index in [0.717, 1.165) is 19.7 Å². The molecule has 2 rings (SSSR count). The fraction of sp³-hybridized carbons (Fsp3) is 0.846. The molecular weight excluding hydrogens is 278 g/mol. The number of carbonyl (C=O) groups is 2. The van der Waals surface area contributed by atoms with Gasteiger partial charge in [0.05, 0.1) is 19.3 Å². The zero-order chi connectivity index (χ0) is 15.1. The number of nitrogens with zero attached hydrogens (tertiary/aromatic N) is 1. The lowest BCUT2D eigenvalue weighted by Gasteiger charge is -2.35. The summed E-state index contributed by atoms with van der Waals surface area (Å²) in [5.41, 5.74) is 0. The molecule has 2 fully saturated rings. The van der Waals surface area contributed by atoms with Crippen LogP contribution >= 0.6 is 0 Å². The Labute approximate surface area is 123 Å². The summed E-state index contributed by atoms with van der Waals surface area (Å²) in [7, 11) is 0. The largest absolute Gasteiger partial charge is 0.480 e. The van der Waals surface area contributed by atoms with Crippen molar-refractivity contribution >= 4 is 12.0 Å². The minimum absolute atomic E-state index is 0.0355. The van der Waals surface area contributed by atoms with Crippen LogP contribution in [-0.4, -0.2) is 80.2 Å². The van der Waals surface area contributed by atoms with Crippen LogP contribution in [0.3, 0.4) is 0 Å². The summed E-state index contributed by atoms with van der Waals surface area (Å²) >= 11 is 0. The Bertz CT molecular complexity index is 366. The second-order valence-corrected chi connectivity index (χ2v) is 5.33. The zero-order valence-electron chi connectivity index (χ0n) is 12.0. The number of hydrogen-bond donors (Lipinski definition) is 3. The minimum atomic E-state index is -1.02. The molecule has 21 heavy (non-hydrogen) atoms. The molecule has 0 aromatic rings. The first kappa shape index (κ1) is 16.0. The maximum Gasteiger partial charge on any atom is 0.329 e. The number of aliphatic carboxylic acids is 1. The topological polar surface area (TPSA) is 100 Å². The van der Waals surface area contributed by atoms with Crippen LogP contribution in [0, 0.1) is 0 Å². The predicted octanol–water partition coefficient (Wildman–Crippen LogP) is -0.750. The summed E-state index contributed by atoms with van der Waals surface area (Å²) in [5, 5.41) is 13.7. The lowest BCUT2D eigenvalue weighted by molar-refractivity contribution is -0.142. The number of carbonyl (C=O) groups excluding carboxylic acids is 1. The van der Waals surface area contributed by atoms with Crippen LogP contribution in [0.25, 0.3) is 0 Å². The van der Waals surface area contributed by atoms with Gasteiger partial charge in [-0.2, -0.15) is 0 Å². The number of nitrogens with one attached hydrogen (secondary N) is 2. The molecule has 2 atom stereocenters. The average molecular weight is 301 g/mol. The van der Waals surface area contributed by atoms with Crippen LogP contribution in [0.5, 0.6) is 0 Å². The van der Waals surface area contributed by atoms with E-state index >= 15 is 0 Å². The van der Waals surface area contributed by atoms with Gasteiger partial charge in [-0.1, -0.05) is 0 Å². The quantitative estimate of drug-likeness (QED) is 0.535. The molecule has 2 saturated heterocycles. The fourth-order valence-corrected chi connectivity index (χ4v) is 2.67. The van der Waals surface area contributed by atoms with Crippen molar-refractivity contribution in [2.75, 3.05) is 46.0 Å². The van der Waals surface area contributed by atoms with Gasteiger partial charge in [0, 0.05) is 25.7 Å². The molecule has 2 unspecified atom stereocenters. The number of fused-ring (bicyclic) bond motifs is 1. The van der Waals surface area contributed by atoms with Crippen LogP contribution in [0.15, 0.2) is 0 Å². The number of hydrogen-bond acceptors (Lipinski definition) is 5. The van der Waals surface area contributed by atoms with Gasteiger partial charge >= 0.3 is 12.0 Å². The Hall–Kier alpha value is -1.38. The number of ether oxygens (including phenoxy) is 2. The summed E-state index contributed by atoms with van der Waals surface area (Å²) in [6, 6.07) is 0.266. The third-order valence-corrected chi connectivity index (χ3v) is 3.71. The van der Waals surface area contributed by atoms with E-state index in [2.05, 4.69) is 15.5 Å². The highest BCUT2D eigenvalue weighted by Crippen LogP contribution is 2.22. The molecule has 2 aliphatic heterocycles. The number of carboxylic acid groups (broad SMARTS) is 1. The predicted molar refractivity (Wildman–Crippen MR) is 74.2 cm³/mol. The number of urea groups is 1. The fourth-order valence-electron chi connectivity index (χ4n) is 2.67. The molecule has 0 aromatic carbocycles. The molecule has 8 heteroatoms. The summed E-state index contributed by atoms with van der Waals surface area (Å²) in [4.78, 5) is 24.2. The highest BCUT2D eigenvalue weighted by molar-refractivity contribution is 5.73. The van der Waals surface area contributed by atoms with Gasteiger partial charge in [0.2, 0.25) is 0 Å². The molecule has 0 bridgehead atoms. The molecule has 2 heterocycles. The van der Waals surface area contributed by atoms with Crippen molar-refractivity contribution in [2.45, 2.75) is 25.0 Å². The first-order valence-electron chi connectivity index (χ1n) is 7.32. The summed E-state index contributed by atoms with van der Waals surface area (Å²) in [5.74, 6) is -1.02. The number of carboxylic acids is 1. The second-order valence-electron chi connectivity index (χ2n) is 5.33. The first-order chi connectivity index (χ1) is 10.1. The van der Waals surface area contributed by atoms with E-state index in [9.17, 15) is 9.59 Å². The highest BCUT2D eigenvalue weighted by Gasteiger charge is 2.32. The van der Waals surface area contributed by atoms with Gasteiger partial charge in [0.15, 0.2) is 0 Å².